The van der Waals surface area contributed by atoms with Gasteiger partial charge in [0.05, 0.1) is 32.9 Å². The fourth-order valence-electron chi connectivity index (χ4n) is 3.22. The summed E-state index contributed by atoms with van der Waals surface area (Å²) in [7, 11) is 0. The summed E-state index contributed by atoms with van der Waals surface area (Å²) in [5.41, 5.74) is 1.03. The molecule has 1 N–H and O–H groups in total. The number of hydrogen-bond acceptors (Lipinski definition) is 3. The second kappa shape index (κ2) is 8.34. The highest BCUT2D eigenvalue weighted by atomic mass is 35.5. The molecule has 0 unspecified atom stereocenters. The second-order valence-electron chi connectivity index (χ2n) is 6.61. The summed E-state index contributed by atoms with van der Waals surface area (Å²) in [5.74, 6) is -1.60. The molecular formula is C21H16Cl2FN3O2S. The van der Waals surface area contributed by atoms with Crippen LogP contribution in [0.15, 0.2) is 58.6 Å². The predicted molar refractivity (Wildman–Crippen MR) is 117 cm³/mol. The molecule has 0 aliphatic rings. The van der Waals surface area contributed by atoms with Crippen LogP contribution in [0.5, 0.6) is 0 Å². The fourth-order valence-corrected chi connectivity index (χ4v) is 4.79. The predicted octanol–water partition coefficient (Wildman–Crippen LogP) is 6.53. The number of hydrogen-bond donors (Lipinski definition) is 1. The zero-order chi connectivity index (χ0) is 21.4. The molecule has 2 heterocycles. The van der Waals surface area contributed by atoms with Gasteiger partial charge >= 0.3 is 5.97 Å². The summed E-state index contributed by atoms with van der Waals surface area (Å²) in [6, 6.07) is 9.70. The molecule has 9 heteroatoms. The first kappa shape index (κ1) is 20.8. The summed E-state index contributed by atoms with van der Waals surface area (Å²) < 4.78 is 18.4. The number of aromatic carboxylic acids is 1. The average Bonchev–Trinajstić information content (AvgIpc) is 3.28. The number of carboxylic acid groups (broad SMARTS) is 1. The van der Waals surface area contributed by atoms with Crippen molar-refractivity contribution in [3.8, 4) is 5.69 Å². The molecule has 0 amide bonds. The zero-order valence-electron chi connectivity index (χ0n) is 15.8. The van der Waals surface area contributed by atoms with Crippen molar-refractivity contribution in [3.05, 3.63) is 70.3 Å². The van der Waals surface area contributed by atoms with Crippen molar-refractivity contribution in [2.45, 2.75) is 29.7 Å². The minimum atomic E-state index is -1.02. The lowest BCUT2D eigenvalue weighted by atomic mass is 10.2. The zero-order valence-corrected chi connectivity index (χ0v) is 18.1. The van der Waals surface area contributed by atoms with Crippen molar-refractivity contribution in [1.29, 1.82) is 0 Å². The maximum atomic E-state index is 15.1. The third-order valence-corrected chi connectivity index (χ3v) is 6.42. The maximum absolute atomic E-state index is 15.1. The Morgan fingerprint density at radius 1 is 1.27 bits per heavy atom. The van der Waals surface area contributed by atoms with Gasteiger partial charge in [0, 0.05) is 23.0 Å². The van der Waals surface area contributed by atoms with E-state index in [4.69, 9.17) is 23.2 Å². The van der Waals surface area contributed by atoms with Crippen LogP contribution in [0.1, 0.15) is 23.7 Å². The van der Waals surface area contributed by atoms with Crippen molar-refractivity contribution in [1.82, 2.24) is 14.3 Å². The van der Waals surface area contributed by atoms with Crippen LogP contribution in [-0.2, 0) is 6.54 Å². The molecule has 0 fully saturated rings. The molecule has 154 valence electrons. The highest BCUT2D eigenvalue weighted by Gasteiger charge is 2.23. The van der Waals surface area contributed by atoms with E-state index in [0.29, 0.717) is 26.0 Å². The Morgan fingerprint density at radius 2 is 2.07 bits per heavy atom. The van der Waals surface area contributed by atoms with Crippen LogP contribution in [0.25, 0.3) is 16.6 Å². The molecule has 0 saturated carbocycles. The molecule has 5 nitrogen and oxygen atoms in total. The molecular weight excluding hydrogens is 448 g/mol. The van der Waals surface area contributed by atoms with Gasteiger partial charge in [-0.2, -0.15) is 5.10 Å². The largest absolute Gasteiger partial charge is 0.478 e. The lowest BCUT2D eigenvalue weighted by Gasteiger charge is -2.05. The van der Waals surface area contributed by atoms with E-state index in [9.17, 15) is 9.90 Å². The van der Waals surface area contributed by atoms with Crippen molar-refractivity contribution in [2.24, 2.45) is 0 Å². The number of aryl methyl sites for hydroxylation is 1. The summed E-state index contributed by atoms with van der Waals surface area (Å²) in [5, 5.41) is 14.4. The van der Waals surface area contributed by atoms with Gasteiger partial charge in [0.1, 0.15) is 5.15 Å². The van der Waals surface area contributed by atoms with E-state index in [1.165, 1.54) is 23.9 Å². The molecule has 0 spiro atoms. The highest BCUT2D eigenvalue weighted by molar-refractivity contribution is 7.99. The number of carbonyl (C=O) groups is 1. The van der Waals surface area contributed by atoms with E-state index in [0.717, 1.165) is 13.0 Å². The van der Waals surface area contributed by atoms with E-state index < -0.39 is 11.8 Å². The Morgan fingerprint density at radius 3 is 2.80 bits per heavy atom. The molecule has 0 bridgehead atoms. The van der Waals surface area contributed by atoms with E-state index in [1.54, 1.807) is 45.9 Å². The van der Waals surface area contributed by atoms with Gasteiger partial charge in [-0.1, -0.05) is 48.0 Å². The van der Waals surface area contributed by atoms with Crippen LogP contribution in [0.2, 0.25) is 10.2 Å². The number of nitrogens with zero attached hydrogens (tertiary/aromatic N) is 3. The first-order chi connectivity index (χ1) is 14.4. The Labute approximate surface area is 186 Å². The normalized spacial score (nSPS) is 11.3. The Bertz CT molecular complexity index is 1270. The van der Waals surface area contributed by atoms with Gasteiger partial charge in [-0.15, -0.1) is 0 Å². The molecule has 2 aromatic carbocycles. The van der Waals surface area contributed by atoms with E-state index >= 15 is 4.39 Å². The lowest BCUT2D eigenvalue weighted by molar-refractivity contribution is 0.0696. The van der Waals surface area contributed by atoms with Gasteiger partial charge in [-0.05, 0) is 36.8 Å². The first-order valence-corrected chi connectivity index (χ1v) is 10.7. The smallest absolute Gasteiger partial charge is 0.335 e. The van der Waals surface area contributed by atoms with Crippen molar-refractivity contribution in [3.63, 3.8) is 0 Å². The van der Waals surface area contributed by atoms with Gasteiger partial charge in [0.15, 0.2) is 5.82 Å². The lowest BCUT2D eigenvalue weighted by Crippen LogP contribution is -1.97. The molecule has 4 rings (SSSR count). The van der Waals surface area contributed by atoms with Gasteiger partial charge in [0.25, 0.3) is 0 Å². The third kappa shape index (κ3) is 3.69. The number of carboxylic acids is 1. The van der Waals surface area contributed by atoms with Crippen LogP contribution < -0.4 is 0 Å². The SMILES string of the molecule is CCCn1cc(-n2c(Cl)c(Sc3cccc(C(=O)O)c3)c3ccc(Cl)c(F)c32)cn1. The standard InChI is InChI=1S/C21H16Cl2FN3O2S/c1-2-8-26-11-13(10-25-26)27-18-15(6-7-16(22)17(18)24)19(20(27)23)30-14-5-3-4-12(9-14)21(28)29/h3-7,9-11H,2,8H2,1H3,(H,28,29). The minimum Gasteiger partial charge on any atom is -0.478 e. The van der Waals surface area contributed by atoms with Gasteiger partial charge < -0.3 is 5.11 Å². The number of aromatic nitrogens is 3. The van der Waals surface area contributed by atoms with Gasteiger partial charge in [-0.3, -0.25) is 9.25 Å². The van der Waals surface area contributed by atoms with Gasteiger partial charge in [-0.25, -0.2) is 9.18 Å². The van der Waals surface area contributed by atoms with Crippen LogP contribution in [-0.4, -0.2) is 25.4 Å². The number of fused-ring (bicyclic) bond motifs is 1. The van der Waals surface area contributed by atoms with Crippen LogP contribution in [0, 0.1) is 5.82 Å². The Kier molecular flexibility index (Phi) is 5.77. The third-order valence-electron chi connectivity index (χ3n) is 4.55. The highest BCUT2D eigenvalue weighted by Crippen LogP contribution is 2.44. The van der Waals surface area contributed by atoms with Crippen LogP contribution in [0.4, 0.5) is 4.39 Å². The number of benzene rings is 2. The Balaban J connectivity index is 1.90. The molecule has 0 aliphatic heterocycles. The van der Waals surface area contributed by atoms with E-state index in [1.807, 2.05) is 6.92 Å². The van der Waals surface area contributed by atoms with Crippen LogP contribution in [0.3, 0.4) is 0 Å². The molecule has 0 aliphatic carbocycles. The van der Waals surface area contributed by atoms with E-state index in [2.05, 4.69) is 5.10 Å². The molecule has 2 aromatic heterocycles. The van der Waals surface area contributed by atoms with Gasteiger partial charge in [0.2, 0.25) is 0 Å². The molecule has 0 radical (unpaired) electrons. The summed E-state index contributed by atoms with van der Waals surface area (Å²) in [6.07, 6.45) is 4.33. The molecule has 0 saturated heterocycles. The quantitative estimate of drug-likeness (QED) is 0.352. The van der Waals surface area contributed by atoms with Crippen molar-refractivity contribution >= 4 is 51.8 Å². The van der Waals surface area contributed by atoms with Crippen LogP contribution >= 0.6 is 35.0 Å². The van der Waals surface area contributed by atoms with Crippen molar-refractivity contribution in [2.75, 3.05) is 0 Å². The maximum Gasteiger partial charge on any atom is 0.335 e. The molecule has 0 atom stereocenters. The average molecular weight is 464 g/mol. The van der Waals surface area contributed by atoms with Crippen molar-refractivity contribution < 1.29 is 14.3 Å². The second-order valence-corrected chi connectivity index (χ2v) is 8.46. The summed E-state index contributed by atoms with van der Waals surface area (Å²) >= 11 is 14.1. The Hall–Kier alpha value is -2.48. The summed E-state index contributed by atoms with van der Waals surface area (Å²) in [6.45, 7) is 2.77. The minimum absolute atomic E-state index is 0.0108. The number of halogens is 3. The fraction of sp³-hybridized carbons (Fsp3) is 0.143. The monoisotopic (exact) mass is 463 g/mol. The first-order valence-electron chi connectivity index (χ1n) is 9.12. The van der Waals surface area contributed by atoms with E-state index in [-0.39, 0.29) is 16.1 Å². The topological polar surface area (TPSA) is 60.0 Å². The molecule has 30 heavy (non-hydrogen) atoms. The molecule has 4 aromatic rings. The number of rotatable bonds is 6. The summed E-state index contributed by atoms with van der Waals surface area (Å²) in [4.78, 5) is 12.6.